The molecule has 0 saturated heterocycles. The number of hydrogen-bond acceptors (Lipinski definition) is 2. The molecule has 0 aliphatic carbocycles. The Bertz CT molecular complexity index is 649. The third-order valence-electron chi connectivity index (χ3n) is 2.48. The molecule has 2 nitrogen and oxygen atoms in total. The van der Waals surface area contributed by atoms with Crippen molar-refractivity contribution < 1.29 is 8.60 Å². The quantitative estimate of drug-likeness (QED) is 0.869. The molecule has 19 heavy (non-hydrogen) atoms. The largest absolute Gasteiger partial charge is 0.399 e. The third-order valence-corrected chi connectivity index (χ3v) is 4.64. The summed E-state index contributed by atoms with van der Waals surface area (Å²) in [6.45, 7) is 0. The highest BCUT2D eigenvalue weighted by Gasteiger charge is 2.11. The minimum Gasteiger partial charge on any atom is -0.399 e. The molecule has 1 unspecified atom stereocenters. The summed E-state index contributed by atoms with van der Waals surface area (Å²) in [5.74, 6) is -0.286. The van der Waals surface area contributed by atoms with Crippen LogP contribution in [-0.2, 0) is 16.6 Å². The Balaban J connectivity index is 2.23. The van der Waals surface area contributed by atoms with E-state index in [0.29, 0.717) is 21.2 Å². The number of rotatable bonds is 3. The number of hydrogen-bond donors (Lipinski definition) is 1. The van der Waals surface area contributed by atoms with Gasteiger partial charge in [0.25, 0.3) is 0 Å². The SMILES string of the molecule is Nc1ccc(S(=O)Cc2ccc(F)c(Cl)c2)c(Cl)c1. The summed E-state index contributed by atoms with van der Waals surface area (Å²) in [6, 6.07) is 9.06. The van der Waals surface area contributed by atoms with Crippen LogP contribution in [0.25, 0.3) is 0 Å². The van der Waals surface area contributed by atoms with Gasteiger partial charge < -0.3 is 5.73 Å². The summed E-state index contributed by atoms with van der Waals surface area (Å²) in [5.41, 5.74) is 6.76. The van der Waals surface area contributed by atoms with E-state index in [1.807, 2.05) is 0 Å². The fourth-order valence-electron chi connectivity index (χ4n) is 1.56. The Hall–Kier alpha value is -1.10. The zero-order valence-electron chi connectivity index (χ0n) is 9.70. The molecule has 0 heterocycles. The van der Waals surface area contributed by atoms with Crippen LogP contribution in [0.5, 0.6) is 0 Å². The van der Waals surface area contributed by atoms with Crippen LogP contribution in [0.2, 0.25) is 10.0 Å². The molecular weight excluding hydrogens is 308 g/mol. The van der Waals surface area contributed by atoms with Gasteiger partial charge in [0.15, 0.2) is 0 Å². The van der Waals surface area contributed by atoms with Crippen molar-refractivity contribution in [1.82, 2.24) is 0 Å². The van der Waals surface area contributed by atoms with E-state index in [9.17, 15) is 8.60 Å². The number of halogens is 3. The van der Waals surface area contributed by atoms with Crippen LogP contribution in [0, 0.1) is 5.82 Å². The van der Waals surface area contributed by atoms with Crippen LogP contribution in [0.1, 0.15) is 5.56 Å². The maximum absolute atomic E-state index is 13.0. The van der Waals surface area contributed by atoms with Gasteiger partial charge >= 0.3 is 0 Å². The smallest absolute Gasteiger partial charge is 0.141 e. The van der Waals surface area contributed by atoms with Gasteiger partial charge in [0.1, 0.15) is 5.82 Å². The Morgan fingerprint density at radius 1 is 1.11 bits per heavy atom. The molecule has 0 saturated carbocycles. The number of nitrogens with two attached hydrogens (primary N) is 1. The lowest BCUT2D eigenvalue weighted by molar-refractivity contribution is 0.627. The van der Waals surface area contributed by atoms with E-state index >= 15 is 0 Å². The molecule has 0 radical (unpaired) electrons. The fourth-order valence-corrected chi connectivity index (χ4v) is 3.34. The normalized spacial score (nSPS) is 12.4. The van der Waals surface area contributed by atoms with Crippen LogP contribution in [0.15, 0.2) is 41.3 Å². The molecule has 2 aromatic carbocycles. The molecule has 2 N–H and O–H groups in total. The molecule has 2 rings (SSSR count). The second-order valence-corrected chi connectivity index (χ2v) is 6.16. The van der Waals surface area contributed by atoms with Crippen molar-refractivity contribution in [2.24, 2.45) is 0 Å². The van der Waals surface area contributed by atoms with Crippen molar-refractivity contribution in [2.75, 3.05) is 5.73 Å². The Labute approximate surface area is 122 Å². The summed E-state index contributed by atoms with van der Waals surface area (Å²) < 4.78 is 25.2. The first-order valence-corrected chi connectivity index (χ1v) is 7.42. The summed E-state index contributed by atoms with van der Waals surface area (Å²) in [5, 5.41) is 0.365. The molecule has 0 spiro atoms. The standard InChI is InChI=1S/C13H10Cl2FNOS/c14-10-5-8(1-3-12(10)16)7-19(18)13-4-2-9(17)6-11(13)15/h1-6H,7,17H2. The molecule has 6 heteroatoms. The van der Waals surface area contributed by atoms with E-state index in [1.54, 1.807) is 24.3 Å². The van der Waals surface area contributed by atoms with E-state index in [1.165, 1.54) is 12.1 Å². The van der Waals surface area contributed by atoms with E-state index in [2.05, 4.69) is 0 Å². The number of anilines is 1. The molecule has 0 aliphatic rings. The second kappa shape index (κ2) is 5.90. The van der Waals surface area contributed by atoms with Crippen molar-refractivity contribution >= 4 is 39.7 Å². The molecule has 0 aliphatic heterocycles. The van der Waals surface area contributed by atoms with Gasteiger partial charge in [0.05, 0.1) is 31.5 Å². The van der Waals surface area contributed by atoms with Crippen molar-refractivity contribution in [2.45, 2.75) is 10.6 Å². The number of nitrogen functional groups attached to an aromatic ring is 1. The summed E-state index contributed by atoms with van der Waals surface area (Å²) in [7, 11) is -1.34. The summed E-state index contributed by atoms with van der Waals surface area (Å²) in [6.07, 6.45) is 0. The van der Waals surface area contributed by atoms with Gasteiger partial charge in [-0.1, -0.05) is 29.3 Å². The molecular formula is C13H10Cl2FNOS. The van der Waals surface area contributed by atoms with Gasteiger partial charge in [0.2, 0.25) is 0 Å². The molecule has 0 bridgehead atoms. The Kier molecular flexibility index (Phi) is 4.45. The molecule has 100 valence electrons. The first-order chi connectivity index (χ1) is 8.97. The fraction of sp³-hybridized carbons (Fsp3) is 0.0769. The van der Waals surface area contributed by atoms with E-state index < -0.39 is 16.6 Å². The van der Waals surface area contributed by atoms with Crippen LogP contribution < -0.4 is 5.73 Å². The highest BCUT2D eigenvalue weighted by molar-refractivity contribution is 7.84. The van der Waals surface area contributed by atoms with Crippen LogP contribution >= 0.6 is 23.2 Å². The predicted octanol–water partition coefficient (Wildman–Crippen LogP) is 4.02. The maximum Gasteiger partial charge on any atom is 0.141 e. The van der Waals surface area contributed by atoms with Crippen molar-refractivity contribution in [1.29, 1.82) is 0 Å². The van der Waals surface area contributed by atoms with E-state index in [-0.39, 0.29) is 10.8 Å². The average molecular weight is 318 g/mol. The van der Waals surface area contributed by atoms with Crippen molar-refractivity contribution in [3.63, 3.8) is 0 Å². The van der Waals surface area contributed by atoms with Crippen LogP contribution in [-0.4, -0.2) is 4.21 Å². The molecule has 1 atom stereocenters. The van der Waals surface area contributed by atoms with E-state index in [4.69, 9.17) is 28.9 Å². The second-order valence-electron chi connectivity index (χ2n) is 3.93. The van der Waals surface area contributed by atoms with Gasteiger partial charge in [-0.2, -0.15) is 0 Å². The highest BCUT2D eigenvalue weighted by atomic mass is 35.5. The zero-order valence-corrected chi connectivity index (χ0v) is 12.0. The highest BCUT2D eigenvalue weighted by Crippen LogP contribution is 2.25. The lowest BCUT2D eigenvalue weighted by Crippen LogP contribution is -1.98. The van der Waals surface area contributed by atoms with Crippen molar-refractivity contribution in [3.05, 3.63) is 57.8 Å². The number of benzene rings is 2. The lowest BCUT2D eigenvalue weighted by Gasteiger charge is -2.06. The zero-order chi connectivity index (χ0) is 14.0. The average Bonchev–Trinajstić information content (AvgIpc) is 2.33. The van der Waals surface area contributed by atoms with Crippen molar-refractivity contribution in [3.8, 4) is 0 Å². The third kappa shape index (κ3) is 3.47. The summed E-state index contributed by atoms with van der Waals surface area (Å²) >= 11 is 11.7. The predicted molar refractivity (Wildman–Crippen MR) is 77.4 cm³/mol. The monoisotopic (exact) mass is 317 g/mol. The first-order valence-electron chi connectivity index (χ1n) is 5.34. The Morgan fingerprint density at radius 3 is 2.47 bits per heavy atom. The maximum atomic E-state index is 13.0. The molecule has 0 amide bonds. The van der Waals surface area contributed by atoms with Crippen LogP contribution in [0.3, 0.4) is 0 Å². The van der Waals surface area contributed by atoms with Gasteiger partial charge in [0, 0.05) is 5.69 Å². The molecule has 2 aromatic rings. The van der Waals surface area contributed by atoms with Gasteiger partial charge in [-0.25, -0.2) is 4.39 Å². The minimum absolute atomic E-state index is 0.0119. The van der Waals surface area contributed by atoms with Crippen LogP contribution in [0.4, 0.5) is 10.1 Å². The topological polar surface area (TPSA) is 43.1 Å². The van der Waals surface area contributed by atoms with E-state index in [0.717, 1.165) is 0 Å². The molecule has 0 fully saturated rings. The minimum atomic E-state index is -1.34. The molecule has 0 aromatic heterocycles. The van der Waals surface area contributed by atoms with Gasteiger partial charge in [-0.15, -0.1) is 0 Å². The Morgan fingerprint density at radius 2 is 1.84 bits per heavy atom. The lowest BCUT2D eigenvalue weighted by atomic mass is 10.2. The van der Waals surface area contributed by atoms with Gasteiger partial charge in [-0.3, -0.25) is 4.21 Å². The van der Waals surface area contributed by atoms with Gasteiger partial charge in [-0.05, 0) is 35.9 Å². The summed E-state index contributed by atoms with van der Waals surface area (Å²) in [4.78, 5) is 0.497. The first kappa shape index (κ1) is 14.3.